The lowest BCUT2D eigenvalue weighted by Crippen LogP contribution is -2.45. The van der Waals surface area contributed by atoms with E-state index in [0.717, 1.165) is 24.8 Å². The summed E-state index contributed by atoms with van der Waals surface area (Å²) in [6.45, 7) is 1.12. The SMILES string of the molecule is COc1ccc(CNCC2(C(=O)O)CCC2)cc1Cl. The van der Waals surface area contributed by atoms with Crippen LogP contribution in [-0.2, 0) is 11.3 Å². The van der Waals surface area contributed by atoms with E-state index < -0.39 is 11.4 Å². The topological polar surface area (TPSA) is 58.6 Å². The summed E-state index contributed by atoms with van der Waals surface area (Å²) < 4.78 is 5.09. The number of ether oxygens (including phenoxy) is 1. The number of benzene rings is 1. The van der Waals surface area contributed by atoms with E-state index in [1.165, 1.54) is 0 Å². The number of nitrogens with one attached hydrogen (secondary N) is 1. The van der Waals surface area contributed by atoms with Crippen LogP contribution in [0, 0.1) is 5.41 Å². The maximum atomic E-state index is 11.2. The molecule has 0 spiro atoms. The highest BCUT2D eigenvalue weighted by atomic mass is 35.5. The van der Waals surface area contributed by atoms with Gasteiger partial charge in [0.05, 0.1) is 17.5 Å². The Balaban J connectivity index is 1.89. The zero-order valence-electron chi connectivity index (χ0n) is 10.9. The van der Waals surface area contributed by atoms with Crippen LogP contribution in [0.3, 0.4) is 0 Å². The van der Waals surface area contributed by atoms with Gasteiger partial charge in [0.2, 0.25) is 0 Å². The molecule has 5 heteroatoms. The summed E-state index contributed by atoms with van der Waals surface area (Å²) in [6, 6.07) is 5.57. The van der Waals surface area contributed by atoms with Crippen molar-refractivity contribution in [2.45, 2.75) is 25.8 Å². The molecular weight excluding hydrogens is 266 g/mol. The van der Waals surface area contributed by atoms with Crippen molar-refractivity contribution in [3.8, 4) is 5.75 Å². The minimum Gasteiger partial charge on any atom is -0.495 e. The molecule has 2 rings (SSSR count). The quantitative estimate of drug-likeness (QED) is 0.843. The van der Waals surface area contributed by atoms with E-state index in [0.29, 0.717) is 23.9 Å². The fraction of sp³-hybridized carbons (Fsp3) is 0.500. The van der Waals surface area contributed by atoms with E-state index in [9.17, 15) is 9.90 Å². The Morgan fingerprint density at radius 3 is 2.74 bits per heavy atom. The molecule has 4 nitrogen and oxygen atoms in total. The third-order valence-electron chi connectivity index (χ3n) is 3.77. The summed E-state index contributed by atoms with van der Waals surface area (Å²) in [7, 11) is 1.58. The first-order chi connectivity index (χ1) is 9.07. The predicted octanol–water partition coefficient (Wildman–Crippen LogP) is 2.69. The van der Waals surface area contributed by atoms with Crippen LogP contribution in [0.15, 0.2) is 18.2 Å². The van der Waals surface area contributed by atoms with Crippen molar-refractivity contribution in [1.82, 2.24) is 5.32 Å². The number of rotatable bonds is 6. The van der Waals surface area contributed by atoms with Crippen LogP contribution in [0.4, 0.5) is 0 Å². The number of methoxy groups -OCH3 is 1. The van der Waals surface area contributed by atoms with Crippen molar-refractivity contribution in [3.63, 3.8) is 0 Å². The van der Waals surface area contributed by atoms with Gasteiger partial charge in [-0.15, -0.1) is 0 Å². The van der Waals surface area contributed by atoms with Gasteiger partial charge in [0.15, 0.2) is 0 Å². The Hall–Kier alpha value is -1.26. The Labute approximate surface area is 117 Å². The summed E-state index contributed by atoms with van der Waals surface area (Å²) >= 11 is 6.04. The molecule has 1 aliphatic rings. The summed E-state index contributed by atoms with van der Waals surface area (Å²) in [5.41, 5.74) is 0.460. The van der Waals surface area contributed by atoms with E-state index in [-0.39, 0.29) is 0 Å². The lowest BCUT2D eigenvalue weighted by Gasteiger charge is -2.37. The number of carbonyl (C=O) groups is 1. The molecule has 1 aromatic rings. The van der Waals surface area contributed by atoms with Gasteiger partial charge in [0.1, 0.15) is 5.75 Å². The van der Waals surface area contributed by atoms with Gasteiger partial charge < -0.3 is 15.2 Å². The van der Waals surface area contributed by atoms with Gasteiger partial charge in [-0.1, -0.05) is 24.1 Å². The molecule has 1 fully saturated rings. The number of halogens is 1. The normalized spacial score (nSPS) is 16.7. The molecule has 0 radical (unpaired) electrons. The summed E-state index contributed by atoms with van der Waals surface area (Å²) in [5.74, 6) is -0.0505. The second-order valence-corrected chi connectivity index (χ2v) is 5.42. The number of carboxylic acid groups (broad SMARTS) is 1. The predicted molar refractivity (Wildman–Crippen MR) is 73.6 cm³/mol. The third kappa shape index (κ3) is 3.01. The highest BCUT2D eigenvalue weighted by molar-refractivity contribution is 6.32. The number of hydrogen-bond donors (Lipinski definition) is 2. The molecule has 0 atom stereocenters. The Morgan fingerprint density at radius 1 is 1.53 bits per heavy atom. The van der Waals surface area contributed by atoms with Gasteiger partial charge in [-0.2, -0.15) is 0 Å². The van der Waals surface area contributed by atoms with Crippen LogP contribution in [-0.4, -0.2) is 24.7 Å². The van der Waals surface area contributed by atoms with Crippen molar-refractivity contribution in [1.29, 1.82) is 0 Å². The summed E-state index contributed by atoms with van der Waals surface area (Å²) in [6.07, 6.45) is 2.53. The standard InChI is InChI=1S/C14H18ClNO3/c1-19-12-4-3-10(7-11(12)15)8-16-9-14(13(17)18)5-2-6-14/h3-4,7,16H,2,5-6,8-9H2,1H3,(H,17,18). The van der Waals surface area contributed by atoms with Crippen LogP contribution in [0.1, 0.15) is 24.8 Å². The van der Waals surface area contributed by atoms with Gasteiger partial charge in [0.25, 0.3) is 0 Å². The number of carboxylic acids is 1. The molecule has 0 bridgehead atoms. The minimum absolute atomic E-state index is 0.506. The second kappa shape index (κ2) is 5.80. The maximum absolute atomic E-state index is 11.2. The van der Waals surface area contributed by atoms with E-state index >= 15 is 0 Å². The molecule has 0 amide bonds. The van der Waals surface area contributed by atoms with Crippen LogP contribution in [0.2, 0.25) is 5.02 Å². The zero-order valence-corrected chi connectivity index (χ0v) is 11.7. The Kier molecular flexibility index (Phi) is 4.32. The molecular formula is C14H18ClNO3. The highest BCUT2D eigenvalue weighted by Crippen LogP contribution is 2.40. The first-order valence-corrected chi connectivity index (χ1v) is 6.72. The fourth-order valence-corrected chi connectivity index (χ4v) is 2.62. The molecule has 0 heterocycles. The van der Waals surface area contributed by atoms with Crippen molar-refractivity contribution in [2.75, 3.05) is 13.7 Å². The van der Waals surface area contributed by atoms with Crippen molar-refractivity contribution in [3.05, 3.63) is 28.8 Å². The minimum atomic E-state index is -0.695. The first-order valence-electron chi connectivity index (χ1n) is 6.34. The average molecular weight is 284 g/mol. The molecule has 1 aromatic carbocycles. The zero-order chi connectivity index (χ0) is 13.9. The highest BCUT2D eigenvalue weighted by Gasteiger charge is 2.43. The first kappa shape index (κ1) is 14.2. The van der Waals surface area contributed by atoms with Gasteiger partial charge in [-0.05, 0) is 30.5 Å². The van der Waals surface area contributed by atoms with E-state index in [1.807, 2.05) is 18.2 Å². The van der Waals surface area contributed by atoms with E-state index in [1.54, 1.807) is 7.11 Å². The molecule has 2 N–H and O–H groups in total. The van der Waals surface area contributed by atoms with Crippen LogP contribution < -0.4 is 10.1 Å². The average Bonchev–Trinajstić information content (AvgIpc) is 2.32. The van der Waals surface area contributed by atoms with Gasteiger partial charge in [-0.25, -0.2) is 0 Å². The van der Waals surface area contributed by atoms with E-state index in [4.69, 9.17) is 16.3 Å². The van der Waals surface area contributed by atoms with Crippen LogP contribution >= 0.6 is 11.6 Å². The third-order valence-corrected chi connectivity index (χ3v) is 4.07. The lowest BCUT2D eigenvalue weighted by molar-refractivity contribution is -0.154. The van der Waals surface area contributed by atoms with Crippen LogP contribution in [0.25, 0.3) is 0 Å². The summed E-state index contributed by atoms with van der Waals surface area (Å²) in [5, 5.41) is 13.0. The van der Waals surface area contributed by atoms with E-state index in [2.05, 4.69) is 5.32 Å². The molecule has 0 aromatic heterocycles. The molecule has 1 saturated carbocycles. The lowest BCUT2D eigenvalue weighted by atomic mass is 9.69. The fourth-order valence-electron chi connectivity index (χ4n) is 2.34. The molecule has 0 saturated heterocycles. The molecule has 104 valence electrons. The van der Waals surface area contributed by atoms with Gasteiger partial charge in [-0.3, -0.25) is 4.79 Å². The van der Waals surface area contributed by atoms with Crippen molar-refractivity contribution >= 4 is 17.6 Å². The molecule has 19 heavy (non-hydrogen) atoms. The van der Waals surface area contributed by atoms with Crippen LogP contribution in [0.5, 0.6) is 5.75 Å². The Morgan fingerprint density at radius 2 is 2.26 bits per heavy atom. The number of hydrogen-bond acceptors (Lipinski definition) is 3. The smallest absolute Gasteiger partial charge is 0.310 e. The van der Waals surface area contributed by atoms with Gasteiger partial charge >= 0.3 is 5.97 Å². The molecule has 0 unspecified atom stereocenters. The molecule has 1 aliphatic carbocycles. The summed E-state index contributed by atoms with van der Waals surface area (Å²) in [4.78, 5) is 11.2. The maximum Gasteiger partial charge on any atom is 0.310 e. The largest absolute Gasteiger partial charge is 0.495 e. The Bertz CT molecular complexity index is 472. The molecule has 0 aliphatic heterocycles. The van der Waals surface area contributed by atoms with Crippen molar-refractivity contribution in [2.24, 2.45) is 5.41 Å². The number of aliphatic carboxylic acids is 1. The second-order valence-electron chi connectivity index (χ2n) is 5.01. The van der Waals surface area contributed by atoms with Gasteiger partial charge in [0, 0.05) is 13.1 Å². The monoisotopic (exact) mass is 283 g/mol. The van der Waals surface area contributed by atoms with Crippen molar-refractivity contribution < 1.29 is 14.6 Å².